The molecule has 0 saturated carbocycles. The number of benzene rings is 2. The van der Waals surface area contributed by atoms with Crippen LogP contribution in [0, 0.1) is 10.8 Å². The van der Waals surface area contributed by atoms with Crippen LogP contribution < -0.4 is 16.3 Å². The molecule has 3 rings (SSSR count). The number of nitrogens with zero attached hydrogens (tertiary/aromatic N) is 3. The van der Waals surface area contributed by atoms with Gasteiger partial charge in [0, 0.05) is 23.8 Å². The molecule has 6 nitrogen and oxygen atoms in total. The van der Waals surface area contributed by atoms with Gasteiger partial charge in [0.25, 0.3) is 0 Å². The lowest BCUT2D eigenvalue weighted by atomic mass is 10.2. The van der Waals surface area contributed by atoms with E-state index < -0.39 is 0 Å². The van der Waals surface area contributed by atoms with Gasteiger partial charge >= 0.3 is 0 Å². The van der Waals surface area contributed by atoms with E-state index in [1.54, 1.807) is 0 Å². The number of nitrogens with two attached hydrogens (primary N) is 1. The normalized spacial score (nSPS) is 10.6. The van der Waals surface area contributed by atoms with Crippen molar-refractivity contribution in [3.05, 3.63) is 54.1 Å². The van der Waals surface area contributed by atoms with Crippen LogP contribution in [0.15, 0.2) is 48.5 Å². The summed E-state index contributed by atoms with van der Waals surface area (Å²) in [7, 11) is 1.89. The Morgan fingerprint density at radius 1 is 1.18 bits per heavy atom. The van der Waals surface area contributed by atoms with Crippen molar-refractivity contribution < 1.29 is 0 Å². The fraction of sp³-hybridized carbons (Fsp3) is 0.0625. The summed E-state index contributed by atoms with van der Waals surface area (Å²) in [4.78, 5) is 6.24. The maximum atomic E-state index is 8.04. The Morgan fingerprint density at radius 3 is 2.68 bits per heavy atom. The quantitative estimate of drug-likeness (QED) is 0.393. The smallest absolute Gasteiger partial charge is 0.229 e. The summed E-state index contributed by atoms with van der Waals surface area (Å²) in [5, 5.41) is 16.4. The zero-order valence-corrected chi connectivity index (χ0v) is 12.1. The van der Waals surface area contributed by atoms with Crippen LogP contribution >= 0.6 is 0 Å². The topological polar surface area (TPSA) is 94.8 Å². The van der Waals surface area contributed by atoms with Crippen LogP contribution in [0.5, 0.6) is 0 Å². The molecule has 0 aliphatic rings. The second-order valence-corrected chi connectivity index (χ2v) is 4.93. The number of rotatable bonds is 3. The molecule has 3 aromatic rings. The Hall–Kier alpha value is -3.15. The molecule has 0 saturated heterocycles. The number of fused-ring (bicyclic) bond motifs is 1. The molecule has 0 aliphatic carbocycles. The maximum absolute atomic E-state index is 8.04. The third-order valence-electron chi connectivity index (χ3n) is 3.55. The Labute approximate surface area is 127 Å². The van der Waals surface area contributed by atoms with Crippen LogP contribution in [0.4, 0.5) is 17.2 Å². The molecule has 0 bridgehead atoms. The molecule has 4 N–H and O–H groups in total. The van der Waals surface area contributed by atoms with E-state index in [0.717, 1.165) is 22.9 Å². The minimum Gasteiger partial charge on any atom is -0.399 e. The molecular weight excluding hydrogens is 276 g/mol. The summed E-state index contributed by atoms with van der Waals surface area (Å²) in [5.41, 5.74) is 8.19. The minimum atomic E-state index is 0.0134. The zero-order chi connectivity index (χ0) is 15.7. The first-order valence-electron chi connectivity index (χ1n) is 6.77. The first kappa shape index (κ1) is 13.8. The van der Waals surface area contributed by atoms with E-state index in [1.165, 1.54) is 4.57 Å². The van der Waals surface area contributed by atoms with Gasteiger partial charge < -0.3 is 10.6 Å². The zero-order valence-electron chi connectivity index (χ0n) is 12.1. The maximum Gasteiger partial charge on any atom is 0.229 e. The van der Waals surface area contributed by atoms with E-state index in [1.807, 2.05) is 60.5 Å². The predicted molar refractivity (Wildman–Crippen MR) is 88.7 cm³/mol. The van der Waals surface area contributed by atoms with Crippen molar-refractivity contribution in [2.75, 3.05) is 17.7 Å². The SMILES string of the molecule is CN(c1cccc(N)c1)c1nc(=N)n(C=N)c2ccccc12. The van der Waals surface area contributed by atoms with Crippen molar-refractivity contribution in [1.29, 1.82) is 10.8 Å². The lowest BCUT2D eigenvalue weighted by Gasteiger charge is -2.21. The highest BCUT2D eigenvalue weighted by Gasteiger charge is 2.12. The number of nitrogens with one attached hydrogen (secondary N) is 2. The van der Waals surface area contributed by atoms with E-state index in [-0.39, 0.29) is 5.62 Å². The molecule has 22 heavy (non-hydrogen) atoms. The minimum absolute atomic E-state index is 0.0134. The molecule has 1 aromatic heterocycles. The van der Waals surface area contributed by atoms with E-state index in [0.29, 0.717) is 11.5 Å². The van der Waals surface area contributed by atoms with E-state index in [4.69, 9.17) is 16.6 Å². The molecule has 2 aromatic carbocycles. The highest BCUT2D eigenvalue weighted by molar-refractivity contribution is 5.94. The number of nitrogen functional groups attached to an aromatic ring is 1. The number of hydrogen-bond acceptors (Lipinski definition) is 5. The predicted octanol–water partition coefficient (Wildman–Crippen LogP) is 2.32. The van der Waals surface area contributed by atoms with Crippen molar-refractivity contribution in [2.45, 2.75) is 0 Å². The third-order valence-corrected chi connectivity index (χ3v) is 3.55. The lowest BCUT2D eigenvalue weighted by Crippen LogP contribution is -2.26. The number of hydrogen-bond donors (Lipinski definition) is 3. The van der Waals surface area contributed by atoms with Gasteiger partial charge in [-0.2, -0.15) is 4.98 Å². The summed E-state index contributed by atoms with van der Waals surface area (Å²) < 4.78 is 1.44. The standard InChI is InChI=1S/C16H16N6/c1-21(12-6-4-5-11(18)9-12)15-13-7-2-3-8-14(13)22(10-17)16(19)20-15/h2-10,17,19H,18H2,1H3. The van der Waals surface area contributed by atoms with Gasteiger partial charge in [-0.05, 0) is 30.3 Å². The average molecular weight is 292 g/mol. The Bertz CT molecular complexity index is 912. The van der Waals surface area contributed by atoms with Crippen LogP contribution in [0.3, 0.4) is 0 Å². The third kappa shape index (κ3) is 2.20. The van der Waals surface area contributed by atoms with Gasteiger partial charge in [0.1, 0.15) is 5.82 Å². The summed E-state index contributed by atoms with van der Waals surface area (Å²) in [5.74, 6) is 0.657. The molecule has 0 amide bonds. The summed E-state index contributed by atoms with van der Waals surface area (Å²) in [6.07, 6.45) is 1.10. The van der Waals surface area contributed by atoms with Crippen molar-refractivity contribution in [1.82, 2.24) is 9.55 Å². The first-order chi connectivity index (χ1) is 10.6. The largest absolute Gasteiger partial charge is 0.399 e. The van der Waals surface area contributed by atoms with Crippen molar-refractivity contribution in [3.8, 4) is 0 Å². The Morgan fingerprint density at radius 2 is 1.95 bits per heavy atom. The van der Waals surface area contributed by atoms with Gasteiger partial charge in [0.2, 0.25) is 5.62 Å². The molecule has 0 unspecified atom stereocenters. The van der Waals surface area contributed by atoms with Crippen LogP contribution in [-0.4, -0.2) is 22.9 Å². The van der Waals surface area contributed by atoms with Gasteiger partial charge in [-0.1, -0.05) is 18.2 Å². The van der Waals surface area contributed by atoms with Crippen LogP contribution in [0.25, 0.3) is 10.9 Å². The molecule has 0 fully saturated rings. The fourth-order valence-electron chi connectivity index (χ4n) is 2.44. The summed E-state index contributed by atoms with van der Waals surface area (Å²) >= 11 is 0. The van der Waals surface area contributed by atoms with Gasteiger partial charge in [0.15, 0.2) is 0 Å². The number of aromatic nitrogens is 2. The molecular formula is C16H16N6. The van der Waals surface area contributed by atoms with Crippen LogP contribution in [0.1, 0.15) is 0 Å². The second kappa shape index (κ2) is 5.33. The molecule has 110 valence electrons. The lowest BCUT2D eigenvalue weighted by molar-refractivity contribution is 0.915. The van der Waals surface area contributed by atoms with Gasteiger partial charge in [-0.3, -0.25) is 15.4 Å². The van der Waals surface area contributed by atoms with Crippen molar-refractivity contribution in [3.63, 3.8) is 0 Å². The molecule has 6 heteroatoms. The molecule has 0 atom stereocenters. The van der Waals surface area contributed by atoms with E-state index >= 15 is 0 Å². The second-order valence-electron chi connectivity index (χ2n) is 4.93. The van der Waals surface area contributed by atoms with Crippen molar-refractivity contribution in [2.24, 2.45) is 0 Å². The van der Waals surface area contributed by atoms with Gasteiger partial charge in [0.05, 0.1) is 11.9 Å². The van der Waals surface area contributed by atoms with E-state index in [2.05, 4.69) is 4.98 Å². The van der Waals surface area contributed by atoms with Gasteiger partial charge in [-0.25, -0.2) is 0 Å². The van der Waals surface area contributed by atoms with E-state index in [9.17, 15) is 0 Å². The van der Waals surface area contributed by atoms with Crippen molar-refractivity contribution >= 4 is 34.4 Å². The molecule has 0 spiro atoms. The monoisotopic (exact) mass is 292 g/mol. The molecule has 1 heterocycles. The Kier molecular flexibility index (Phi) is 3.34. The van der Waals surface area contributed by atoms with Gasteiger partial charge in [-0.15, -0.1) is 0 Å². The molecule has 0 radical (unpaired) electrons. The number of para-hydroxylation sites is 1. The summed E-state index contributed by atoms with van der Waals surface area (Å²) in [6, 6.07) is 15.1. The van der Waals surface area contributed by atoms with Crippen LogP contribution in [0.2, 0.25) is 0 Å². The fourth-order valence-corrected chi connectivity index (χ4v) is 2.44. The highest BCUT2D eigenvalue weighted by Crippen LogP contribution is 2.28. The average Bonchev–Trinajstić information content (AvgIpc) is 2.53. The Balaban J connectivity index is 2.27. The summed E-state index contributed by atoms with van der Waals surface area (Å²) in [6.45, 7) is 0. The first-order valence-corrected chi connectivity index (χ1v) is 6.77. The molecule has 0 aliphatic heterocycles. The number of anilines is 3. The van der Waals surface area contributed by atoms with Crippen LogP contribution in [-0.2, 0) is 0 Å². The highest BCUT2D eigenvalue weighted by atomic mass is 15.2.